The second kappa shape index (κ2) is 5.45. The minimum absolute atomic E-state index is 0.243. The van der Waals surface area contributed by atoms with Gasteiger partial charge >= 0.3 is 0 Å². The fourth-order valence-electron chi connectivity index (χ4n) is 1.75. The first kappa shape index (κ1) is 13.4. The highest BCUT2D eigenvalue weighted by Gasteiger charge is 2.09. The number of hydrogen-bond acceptors (Lipinski definition) is 3. The summed E-state index contributed by atoms with van der Waals surface area (Å²) in [6.07, 6.45) is 3.47. The molecule has 1 aromatic carbocycles. The van der Waals surface area contributed by atoms with Gasteiger partial charge < -0.3 is 4.57 Å². The van der Waals surface area contributed by atoms with Crippen LogP contribution in [0.4, 0.5) is 4.39 Å². The Morgan fingerprint density at radius 3 is 2.67 bits per heavy atom. The summed E-state index contributed by atoms with van der Waals surface area (Å²) >= 11 is 1.38. The van der Waals surface area contributed by atoms with Crippen LogP contribution in [-0.2, 0) is 7.05 Å². The number of benzene rings is 1. The summed E-state index contributed by atoms with van der Waals surface area (Å²) in [6.45, 7) is 0. The number of rotatable bonds is 2. The van der Waals surface area contributed by atoms with E-state index in [0.29, 0.717) is 10.5 Å². The monoisotopic (exact) mass is 302 g/mol. The first-order valence-corrected chi connectivity index (χ1v) is 7.02. The van der Waals surface area contributed by atoms with Crippen LogP contribution in [-0.4, -0.2) is 20.3 Å². The summed E-state index contributed by atoms with van der Waals surface area (Å²) in [5.41, 5.74) is 0.921. The van der Waals surface area contributed by atoms with Crippen molar-refractivity contribution in [3.05, 3.63) is 64.4 Å². The predicted octanol–water partition coefficient (Wildman–Crippen LogP) is 2.15. The fourth-order valence-corrected chi connectivity index (χ4v) is 2.48. The van der Waals surface area contributed by atoms with Gasteiger partial charge in [0.1, 0.15) is 5.82 Å². The predicted molar refractivity (Wildman–Crippen MR) is 76.7 cm³/mol. The Bertz CT molecular complexity index is 844. The van der Waals surface area contributed by atoms with E-state index in [1.807, 2.05) is 18.6 Å². The van der Waals surface area contributed by atoms with E-state index in [1.165, 1.54) is 28.2 Å². The minimum Gasteiger partial charge on any atom is -0.327 e. The first-order valence-electron chi connectivity index (χ1n) is 6.14. The van der Waals surface area contributed by atoms with Gasteiger partial charge in [0.25, 0.3) is 5.91 Å². The van der Waals surface area contributed by atoms with Crippen LogP contribution < -0.4 is 4.80 Å². The maximum absolute atomic E-state index is 12.9. The van der Waals surface area contributed by atoms with Crippen molar-refractivity contribution < 1.29 is 9.18 Å². The lowest BCUT2D eigenvalue weighted by Crippen LogP contribution is -2.13. The van der Waals surface area contributed by atoms with Crippen LogP contribution >= 0.6 is 11.3 Å². The first-order chi connectivity index (χ1) is 10.1. The lowest BCUT2D eigenvalue weighted by Gasteiger charge is -1.99. The SMILES string of the molecule is Cn1ccsc1=NC(=O)c1ccn(-c2ccc(F)cc2)n1. The molecule has 0 atom stereocenters. The largest absolute Gasteiger partial charge is 0.327 e. The van der Waals surface area contributed by atoms with Crippen LogP contribution in [0.1, 0.15) is 10.5 Å². The van der Waals surface area contributed by atoms with Crippen molar-refractivity contribution in [1.29, 1.82) is 0 Å². The summed E-state index contributed by atoms with van der Waals surface area (Å²) in [5.74, 6) is -0.726. The van der Waals surface area contributed by atoms with Crippen molar-refractivity contribution in [2.75, 3.05) is 0 Å². The van der Waals surface area contributed by atoms with E-state index in [-0.39, 0.29) is 11.5 Å². The highest BCUT2D eigenvalue weighted by Crippen LogP contribution is 2.09. The molecule has 0 saturated heterocycles. The number of amides is 1. The third kappa shape index (κ3) is 2.82. The number of thiazole rings is 1. The van der Waals surface area contributed by atoms with Crippen LogP contribution in [0.2, 0.25) is 0 Å². The van der Waals surface area contributed by atoms with Gasteiger partial charge in [-0.25, -0.2) is 9.07 Å². The van der Waals surface area contributed by atoms with E-state index in [1.54, 1.807) is 29.0 Å². The summed E-state index contributed by atoms with van der Waals surface area (Å²) in [4.78, 5) is 16.7. The van der Waals surface area contributed by atoms with E-state index in [2.05, 4.69) is 10.1 Å². The van der Waals surface area contributed by atoms with E-state index in [9.17, 15) is 9.18 Å². The third-order valence-corrected chi connectivity index (χ3v) is 3.70. The van der Waals surface area contributed by atoms with Gasteiger partial charge in [0.05, 0.1) is 5.69 Å². The van der Waals surface area contributed by atoms with Crippen molar-refractivity contribution in [3.8, 4) is 5.69 Å². The Morgan fingerprint density at radius 2 is 2.00 bits per heavy atom. The Morgan fingerprint density at radius 1 is 1.24 bits per heavy atom. The van der Waals surface area contributed by atoms with Crippen molar-refractivity contribution in [3.63, 3.8) is 0 Å². The highest BCUT2D eigenvalue weighted by molar-refractivity contribution is 7.07. The second-order valence-electron chi connectivity index (χ2n) is 4.34. The molecular formula is C14H11FN4OS. The Hall–Kier alpha value is -2.54. The van der Waals surface area contributed by atoms with Crippen LogP contribution in [0.15, 0.2) is 53.1 Å². The maximum atomic E-state index is 12.9. The van der Waals surface area contributed by atoms with Gasteiger partial charge in [0, 0.05) is 24.8 Å². The van der Waals surface area contributed by atoms with Crippen molar-refractivity contribution >= 4 is 17.2 Å². The number of nitrogens with zero attached hydrogens (tertiary/aromatic N) is 4. The number of halogens is 1. The normalized spacial score (nSPS) is 11.8. The number of aromatic nitrogens is 3. The molecule has 0 spiro atoms. The molecule has 0 aliphatic carbocycles. The molecule has 2 heterocycles. The molecule has 0 bridgehead atoms. The zero-order valence-corrected chi connectivity index (χ0v) is 11.9. The minimum atomic E-state index is -0.408. The van der Waals surface area contributed by atoms with Gasteiger partial charge in [-0.1, -0.05) is 0 Å². The Kier molecular flexibility index (Phi) is 3.49. The summed E-state index contributed by atoms with van der Waals surface area (Å²) in [5, 5.41) is 6.02. The molecule has 3 aromatic rings. The highest BCUT2D eigenvalue weighted by atomic mass is 32.1. The van der Waals surface area contributed by atoms with Crippen LogP contribution in [0.25, 0.3) is 5.69 Å². The van der Waals surface area contributed by atoms with Crippen molar-refractivity contribution in [2.45, 2.75) is 0 Å². The van der Waals surface area contributed by atoms with E-state index >= 15 is 0 Å². The van der Waals surface area contributed by atoms with Gasteiger partial charge in [0.15, 0.2) is 10.5 Å². The molecule has 0 saturated carbocycles. The third-order valence-electron chi connectivity index (χ3n) is 2.86. The van der Waals surface area contributed by atoms with E-state index in [0.717, 1.165) is 0 Å². The summed E-state index contributed by atoms with van der Waals surface area (Å²) < 4.78 is 16.2. The van der Waals surface area contributed by atoms with Crippen LogP contribution in [0.5, 0.6) is 0 Å². The van der Waals surface area contributed by atoms with Gasteiger partial charge in [-0.2, -0.15) is 10.1 Å². The van der Waals surface area contributed by atoms with Crippen LogP contribution in [0.3, 0.4) is 0 Å². The molecule has 0 fully saturated rings. The zero-order chi connectivity index (χ0) is 14.8. The topological polar surface area (TPSA) is 52.2 Å². The van der Waals surface area contributed by atoms with Gasteiger partial charge in [-0.15, -0.1) is 11.3 Å². The van der Waals surface area contributed by atoms with Gasteiger partial charge in [0.2, 0.25) is 0 Å². The average molecular weight is 302 g/mol. The zero-order valence-electron chi connectivity index (χ0n) is 11.1. The molecule has 21 heavy (non-hydrogen) atoms. The maximum Gasteiger partial charge on any atom is 0.300 e. The van der Waals surface area contributed by atoms with Crippen molar-refractivity contribution in [1.82, 2.24) is 14.3 Å². The molecule has 3 rings (SSSR count). The summed E-state index contributed by atoms with van der Waals surface area (Å²) in [6, 6.07) is 7.45. The standard InChI is InChI=1S/C14H11FN4OS/c1-18-8-9-21-14(18)16-13(20)12-6-7-19(17-12)11-4-2-10(15)3-5-11/h2-9H,1H3. The molecule has 2 aromatic heterocycles. The van der Waals surface area contributed by atoms with Crippen LogP contribution in [0, 0.1) is 5.82 Å². The Balaban J connectivity index is 1.90. The average Bonchev–Trinajstić information content (AvgIpc) is 3.10. The molecule has 0 unspecified atom stereocenters. The molecule has 1 amide bonds. The smallest absolute Gasteiger partial charge is 0.300 e. The number of carbonyl (C=O) groups excluding carboxylic acids is 1. The molecule has 0 aliphatic rings. The molecule has 5 nitrogen and oxygen atoms in total. The molecule has 106 valence electrons. The molecule has 0 N–H and O–H groups in total. The number of carbonyl (C=O) groups is 1. The van der Waals surface area contributed by atoms with E-state index < -0.39 is 5.91 Å². The fraction of sp³-hybridized carbons (Fsp3) is 0.0714. The van der Waals surface area contributed by atoms with Gasteiger partial charge in [-0.05, 0) is 30.3 Å². The lowest BCUT2D eigenvalue weighted by atomic mass is 10.3. The van der Waals surface area contributed by atoms with Gasteiger partial charge in [-0.3, -0.25) is 4.79 Å². The number of hydrogen-bond donors (Lipinski definition) is 0. The molecule has 0 radical (unpaired) electrons. The van der Waals surface area contributed by atoms with Crippen molar-refractivity contribution in [2.24, 2.45) is 12.0 Å². The molecular weight excluding hydrogens is 291 g/mol. The molecule has 0 aliphatic heterocycles. The summed E-state index contributed by atoms with van der Waals surface area (Å²) in [7, 11) is 1.82. The second-order valence-corrected chi connectivity index (χ2v) is 5.21. The molecule has 7 heteroatoms. The lowest BCUT2D eigenvalue weighted by molar-refractivity contribution is 0.0992. The number of aryl methyl sites for hydroxylation is 1. The Labute approximate surface area is 123 Å². The van der Waals surface area contributed by atoms with E-state index in [4.69, 9.17) is 0 Å². The quantitative estimate of drug-likeness (QED) is 0.728.